The summed E-state index contributed by atoms with van der Waals surface area (Å²) in [7, 11) is 1.81. The standard InChI is InChI=1S/C29H29FN10O2/c1-5-25(41)40-13-12-39(11-10-17(40)2)29-31-15-22-27(35-29)28(33-16-32-22)34-20-7-9-24(18(3)26(20)30)42-19-6-8-23-21(14-19)36-37-38(23)4/h5-9,14-17H,1,10-13H2,2-4H3,(H,32,33,34)/t17-/m0/s1. The van der Waals surface area contributed by atoms with E-state index in [1.807, 2.05) is 24.9 Å². The lowest BCUT2D eigenvalue weighted by molar-refractivity contribution is -0.127. The summed E-state index contributed by atoms with van der Waals surface area (Å²) in [5, 5.41) is 11.2. The second-order valence-electron chi connectivity index (χ2n) is 10.1. The van der Waals surface area contributed by atoms with Crippen molar-refractivity contribution in [1.82, 2.24) is 39.8 Å². The van der Waals surface area contributed by atoms with Crippen LogP contribution in [0.2, 0.25) is 0 Å². The van der Waals surface area contributed by atoms with Gasteiger partial charge in [0, 0.05) is 44.4 Å². The summed E-state index contributed by atoms with van der Waals surface area (Å²) in [4.78, 5) is 34.0. The number of hydrogen-bond donors (Lipinski definition) is 1. The Hall–Kier alpha value is -5.20. The molecule has 0 saturated carbocycles. The predicted molar refractivity (Wildman–Crippen MR) is 156 cm³/mol. The van der Waals surface area contributed by atoms with E-state index in [2.05, 4.69) is 37.2 Å². The summed E-state index contributed by atoms with van der Waals surface area (Å²) in [6.07, 6.45) is 5.10. The Kier molecular flexibility index (Phi) is 7.07. The van der Waals surface area contributed by atoms with Gasteiger partial charge < -0.3 is 19.9 Å². The third-order valence-corrected chi connectivity index (χ3v) is 7.46. The zero-order valence-corrected chi connectivity index (χ0v) is 23.5. The van der Waals surface area contributed by atoms with E-state index < -0.39 is 5.82 Å². The smallest absolute Gasteiger partial charge is 0.246 e. The summed E-state index contributed by atoms with van der Waals surface area (Å²) in [6, 6.07) is 8.76. The highest BCUT2D eigenvalue weighted by Gasteiger charge is 2.25. The minimum absolute atomic E-state index is 0.0644. The van der Waals surface area contributed by atoms with E-state index in [1.54, 1.807) is 47.0 Å². The molecule has 12 nitrogen and oxygen atoms in total. The minimum atomic E-state index is -0.484. The summed E-state index contributed by atoms with van der Waals surface area (Å²) in [5.74, 6) is 1.15. The van der Waals surface area contributed by atoms with Gasteiger partial charge in [-0.1, -0.05) is 11.8 Å². The van der Waals surface area contributed by atoms with Crippen LogP contribution in [0.4, 0.5) is 21.8 Å². The van der Waals surface area contributed by atoms with E-state index in [1.165, 1.54) is 12.4 Å². The molecule has 1 atom stereocenters. The maximum absolute atomic E-state index is 15.6. The van der Waals surface area contributed by atoms with E-state index in [0.717, 1.165) is 11.9 Å². The fraction of sp³-hybridized carbons (Fsp3) is 0.276. The Bertz CT molecular complexity index is 1820. The second-order valence-corrected chi connectivity index (χ2v) is 10.1. The number of fused-ring (bicyclic) bond motifs is 2. The maximum Gasteiger partial charge on any atom is 0.246 e. The van der Waals surface area contributed by atoms with Crippen molar-refractivity contribution in [3.8, 4) is 11.5 Å². The molecule has 42 heavy (non-hydrogen) atoms. The number of nitrogens with zero attached hydrogens (tertiary/aromatic N) is 9. The first-order chi connectivity index (χ1) is 20.3. The van der Waals surface area contributed by atoms with Gasteiger partial charge in [0.25, 0.3) is 0 Å². The molecule has 0 aliphatic carbocycles. The van der Waals surface area contributed by atoms with E-state index >= 15 is 4.39 Å². The molecule has 2 aromatic carbocycles. The van der Waals surface area contributed by atoms with Crippen LogP contribution in [0, 0.1) is 12.7 Å². The maximum atomic E-state index is 15.6. The zero-order valence-electron chi connectivity index (χ0n) is 23.5. The largest absolute Gasteiger partial charge is 0.457 e. The van der Waals surface area contributed by atoms with Crippen LogP contribution >= 0.6 is 0 Å². The second kappa shape index (κ2) is 11.0. The average molecular weight is 569 g/mol. The molecule has 0 bridgehead atoms. The number of aryl methyl sites for hydroxylation is 1. The lowest BCUT2D eigenvalue weighted by atomic mass is 10.1. The van der Waals surface area contributed by atoms with Crippen molar-refractivity contribution < 1.29 is 13.9 Å². The van der Waals surface area contributed by atoms with Crippen molar-refractivity contribution >= 4 is 45.4 Å². The van der Waals surface area contributed by atoms with Gasteiger partial charge in [0.05, 0.1) is 17.4 Å². The topological polar surface area (TPSA) is 127 Å². The molecule has 0 radical (unpaired) electrons. The van der Waals surface area contributed by atoms with Gasteiger partial charge in [-0.2, -0.15) is 0 Å². The molecule has 4 heterocycles. The lowest BCUT2D eigenvalue weighted by Gasteiger charge is -2.25. The zero-order chi connectivity index (χ0) is 29.4. The van der Waals surface area contributed by atoms with Crippen molar-refractivity contribution in [2.45, 2.75) is 26.3 Å². The lowest BCUT2D eigenvalue weighted by Crippen LogP contribution is -2.38. The van der Waals surface area contributed by atoms with Crippen LogP contribution in [0.1, 0.15) is 18.9 Å². The van der Waals surface area contributed by atoms with Crippen LogP contribution in [0.25, 0.3) is 22.1 Å². The fourth-order valence-electron chi connectivity index (χ4n) is 5.01. The van der Waals surface area contributed by atoms with Crippen LogP contribution < -0.4 is 15.0 Å². The van der Waals surface area contributed by atoms with E-state index in [9.17, 15) is 4.79 Å². The molecule has 6 rings (SSSR count). The Labute approximate surface area is 240 Å². The average Bonchev–Trinajstić information content (AvgIpc) is 3.25. The molecular formula is C29H29FN10O2. The van der Waals surface area contributed by atoms with Gasteiger partial charge in [0.1, 0.15) is 34.4 Å². The number of rotatable bonds is 6. The van der Waals surface area contributed by atoms with Gasteiger partial charge in [-0.15, -0.1) is 5.10 Å². The molecule has 1 fully saturated rings. The van der Waals surface area contributed by atoms with E-state index in [4.69, 9.17) is 9.72 Å². The molecule has 214 valence electrons. The minimum Gasteiger partial charge on any atom is -0.457 e. The van der Waals surface area contributed by atoms with Crippen molar-refractivity contribution in [2.75, 3.05) is 29.9 Å². The third-order valence-electron chi connectivity index (χ3n) is 7.46. The van der Waals surface area contributed by atoms with Gasteiger partial charge in [-0.3, -0.25) is 4.79 Å². The van der Waals surface area contributed by atoms with Crippen LogP contribution in [0.5, 0.6) is 11.5 Å². The SMILES string of the molecule is C=CC(=O)N1CCN(c2ncc3ncnc(Nc4ccc(Oc5ccc6c(c5)nnn6C)c(C)c4F)c3n2)CC[C@@H]1C. The summed E-state index contributed by atoms with van der Waals surface area (Å²) >= 11 is 0. The monoisotopic (exact) mass is 568 g/mol. The number of halogens is 1. The van der Waals surface area contributed by atoms with Gasteiger partial charge >= 0.3 is 0 Å². The van der Waals surface area contributed by atoms with E-state index in [-0.39, 0.29) is 17.6 Å². The number of carbonyl (C=O) groups excluding carboxylic acids is 1. The quantitative estimate of drug-likeness (QED) is 0.296. The molecular weight excluding hydrogens is 539 g/mol. The van der Waals surface area contributed by atoms with Crippen LogP contribution in [0.3, 0.4) is 0 Å². The Balaban J connectivity index is 1.25. The van der Waals surface area contributed by atoms with Crippen LogP contribution in [-0.2, 0) is 11.8 Å². The molecule has 13 heteroatoms. The molecule has 1 aliphatic rings. The first kappa shape index (κ1) is 27.0. The molecule has 0 unspecified atom stereocenters. The normalized spacial score (nSPS) is 15.6. The highest BCUT2D eigenvalue weighted by Crippen LogP contribution is 2.33. The van der Waals surface area contributed by atoms with E-state index in [0.29, 0.717) is 65.0 Å². The number of carbonyl (C=O) groups is 1. The molecule has 0 spiro atoms. The van der Waals surface area contributed by atoms with Crippen LogP contribution in [-0.4, -0.2) is 71.4 Å². The number of ether oxygens (including phenoxy) is 1. The molecule has 1 N–H and O–H groups in total. The molecule has 1 aliphatic heterocycles. The number of aromatic nitrogens is 7. The van der Waals surface area contributed by atoms with Crippen molar-refractivity contribution in [1.29, 1.82) is 0 Å². The highest BCUT2D eigenvalue weighted by molar-refractivity contribution is 5.88. The summed E-state index contributed by atoms with van der Waals surface area (Å²) < 4.78 is 23.3. The highest BCUT2D eigenvalue weighted by atomic mass is 19.1. The van der Waals surface area contributed by atoms with Gasteiger partial charge in [0.15, 0.2) is 11.6 Å². The number of anilines is 3. The van der Waals surface area contributed by atoms with Gasteiger partial charge in [0.2, 0.25) is 11.9 Å². The number of amides is 1. The first-order valence-corrected chi connectivity index (χ1v) is 13.5. The number of hydrogen-bond acceptors (Lipinski definition) is 10. The Morgan fingerprint density at radius 3 is 2.83 bits per heavy atom. The van der Waals surface area contributed by atoms with Gasteiger partial charge in [-0.05, 0) is 50.6 Å². The van der Waals surface area contributed by atoms with Gasteiger partial charge in [-0.25, -0.2) is 29.0 Å². The number of benzene rings is 2. The number of nitrogens with one attached hydrogen (secondary N) is 1. The Morgan fingerprint density at radius 1 is 1.14 bits per heavy atom. The Morgan fingerprint density at radius 2 is 2.00 bits per heavy atom. The first-order valence-electron chi connectivity index (χ1n) is 13.5. The molecule has 5 aromatic rings. The van der Waals surface area contributed by atoms with Crippen molar-refractivity contribution in [3.63, 3.8) is 0 Å². The summed E-state index contributed by atoms with van der Waals surface area (Å²) in [6.45, 7) is 9.03. The van der Waals surface area contributed by atoms with Crippen LogP contribution in [0.15, 0.2) is 55.5 Å². The molecule has 1 saturated heterocycles. The fourth-order valence-corrected chi connectivity index (χ4v) is 5.01. The van der Waals surface area contributed by atoms with Crippen molar-refractivity contribution in [3.05, 3.63) is 66.9 Å². The summed E-state index contributed by atoms with van der Waals surface area (Å²) in [5.41, 5.74) is 3.05. The van der Waals surface area contributed by atoms with Crippen molar-refractivity contribution in [2.24, 2.45) is 7.05 Å². The predicted octanol–water partition coefficient (Wildman–Crippen LogP) is 4.30. The molecule has 1 amide bonds. The third kappa shape index (κ3) is 5.04. The molecule has 3 aromatic heterocycles.